The van der Waals surface area contributed by atoms with Crippen LogP contribution in [0.25, 0.3) is 0 Å². The highest BCUT2D eigenvalue weighted by Crippen LogP contribution is 2.19. The number of carbonyl (C=O) groups is 2. The summed E-state index contributed by atoms with van der Waals surface area (Å²) in [5.74, 6) is 0.376. The molecule has 2 atom stereocenters. The highest BCUT2D eigenvalue weighted by Gasteiger charge is 2.17. The number of allylic oxidation sites excluding steroid dienone is 2. The minimum atomic E-state index is -0.635. The summed E-state index contributed by atoms with van der Waals surface area (Å²) in [7, 11) is 0. The van der Waals surface area contributed by atoms with Gasteiger partial charge in [-0.1, -0.05) is 30.4 Å². The maximum atomic E-state index is 11.7. The molecule has 2 N–H and O–H groups in total. The van der Waals surface area contributed by atoms with Crippen LogP contribution in [0.4, 0.5) is 0 Å². The van der Waals surface area contributed by atoms with E-state index in [2.05, 4.69) is 11.4 Å². The van der Waals surface area contributed by atoms with Crippen LogP contribution in [-0.2, 0) is 16.0 Å². The minimum Gasteiger partial charge on any atom is -0.491 e. The number of thioether (sulfide) groups is 1. The van der Waals surface area contributed by atoms with E-state index in [1.807, 2.05) is 42.7 Å². The molecule has 0 spiro atoms. The first-order chi connectivity index (χ1) is 12.1. The number of hydrogen-bond acceptors (Lipinski definition) is 5. The van der Waals surface area contributed by atoms with Crippen LogP contribution in [0.5, 0.6) is 5.75 Å². The lowest BCUT2D eigenvalue weighted by Crippen LogP contribution is -2.32. The van der Waals surface area contributed by atoms with Crippen molar-refractivity contribution >= 4 is 24.1 Å². The van der Waals surface area contributed by atoms with Crippen molar-refractivity contribution in [2.24, 2.45) is 0 Å². The topological polar surface area (TPSA) is 75.6 Å². The predicted molar refractivity (Wildman–Crippen MR) is 99.6 cm³/mol. The smallest absolute Gasteiger partial charge is 0.239 e. The zero-order valence-electron chi connectivity index (χ0n) is 14.2. The van der Waals surface area contributed by atoms with Gasteiger partial charge in [-0.05, 0) is 48.8 Å². The Morgan fingerprint density at radius 1 is 1.36 bits per heavy atom. The third kappa shape index (κ3) is 6.07. The molecule has 2 amide bonds. The predicted octanol–water partition coefficient (Wildman–Crippen LogP) is 2.25. The molecule has 25 heavy (non-hydrogen) atoms. The summed E-state index contributed by atoms with van der Waals surface area (Å²) in [6.07, 6.45) is 10.1. The standard InChI is InChI=1S/C19H23NO4S/c1-25-18(19(23)20-13-21)11-14-7-9-16(10-8-14)24-12-17(22)15-5-3-2-4-6-15/h3,5-10,13,17-18,22H,2,4,11-12H2,1H3,(H,20,21,23). The number of hydrogen-bond donors (Lipinski definition) is 2. The van der Waals surface area contributed by atoms with Crippen molar-refractivity contribution < 1.29 is 19.4 Å². The van der Waals surface area contributed by atoms with Crippen molar-refractivity contribution in [3.05, 3.63) is 53.6 Å². The van der Waals surface area contributed by atoms with E-state index in [0.717, 1.165) is 24.0 Å². The van der Waals surface area contributed by atoms with Crippen molar-refractivity contribution in [1.82, 2.24) is 5.32 Å². The molecule has 0 bridgehead atoms. The van der Waals surface area contributed by atoms with Gasteiger partial charge in [0, 0.05) is 0 Å². The summed E-state index contributed by atoms with van der Waals surface area (Å²) < 4.78 is 5.64. The zero-order chi connectivity index (χ0) is 18.1. The quantitative estimate of drug-likeness (QED) is 0.660. The molecule has 134 valence electrons. The van der Waals surface area contributed by atoms with Crippen molar-refractivity contribution in [3.8, 4) is 5.75 Å². The Morgan fingerprint density at radius 2 is 2.12 bits per heavy atom. The molecule has 0 aromatic heterocycles. The molecule has 1 aromatic carbocycles. The lowest BCUT2D eigenvalue weighted by molar-refractivity contribution is -0.124. The summed E-state index contributed by atoms with van der Waals surface area (Å²) in [4.78, 5) is 22.1. The van der Waals surface area contributed by atoms with Crippen molar-refractivity contribution in [2.75, 3.05) is 12.9 Å². The number of aliphatic hydroxyl groups excluding tert-OH is 1. The van der Waals surface area contributed by atoms with Gasteiger partial charge in [-0.25, -0.2) is 0 Å². The molecule has 0 aliphatic heterocycles. The van der Waals surface area contributed by atoms with Gasteiger partial charge in [-0.3, -0.25) is 14.9 Å². The van der Waals surface area contributed by atoms with Crippen molar-refractivity contribution in [3.63, 3.8) is 0 Å². The molecule has 6 heteroatoms. The van der Waals surface area contributed by atoms with Gasteiger partial charge >= 0.3 is 0 Å². The van der Waals surface area contributed by atoms with E-state index >= 15 is 0 Å². The Kier molecular flexibility index (Phi) is 7.76. The van der Waals surface area contributed by atoms with Crippen LogP contribution in [0.3, 0.4) is 0 Å². The monoisotopic (exact) mass is 361 g/mol. The maximum absolute atomic E-state index is 11.7. The van der Waals surface area contributed by atoms with Crippen LogP contribution in [0.2, 0.25) is 0 Å². The molecule has 5 nitrogen and oxygen atoms in total. The highest BCUT2D eigenvalue weighted by molar-refractivity contribution is 7.99. The third-order valence-electron chi connectivity index (χ3n) is 3.94. The van der Waals surface area contributed by atoms with Crippen LogP contribution >= 0.6 is 11.8 Å². The molecule has 1 aliphatic carbocycles. The molecular weight excluding hydrogens is 338 g/mol. The van der Waals surface area contributed by atoms with Gasteiger partial charge in [-0.2, -0.15) is 11.8 Å². The fraction of sp³-hybridized carbons (Fsp3) is 0.368. The molecule has 1 aliphatic rings. The molecular formula is C19H23NO4S. The van der Waals surface area contributed by atoms with Crippen LogP contribution < -0.4 is 10.1 Å². The Bertz CT molecular complexity index is 639. The van der Waals surface area contributed by atoms with Gasteiger partial charge in [0.15, 0.2) is 0 Å². The lowest BCUT2D eigenvalue weighted by atomic mass is 10.0. The maximum Gasteiger partial charge on any atom is 0.239 e. The Balaban J connectivity index is 1.86. The molecule has 0 saturated heterocycles. The zero-order valence-corrected chi connectivity index (χ0v) is 15.0. The second-order valence-electron chi connectivity index (χ2n) is 5.71. The molecule has 0 heterocycles. The van der Waals surface area contributed by atoms with Gasteiger partial charge < -0.3 is 9.84 Å². The Labute approximate surface area is 152 Å². The highest BCUT2D eigenvalue weighted by atomic mass is 32.2. The molecule has 0 radical (unpaired) electrons. The molecule has 2 unspecified atom stereocenters. The SMILES string of the molecule is CSC(Cc1ccc(OCC(O)C2=CCCC=C2)cc1)C(=O)NC=O. The summed E-state index contributed by atoms with van der Waals surface area (Å²) in [6.45, 7) is 0.199. The van der Waals surface area contributed by atoms with Crippen LogP contribution in [0.15, 0.2) is 48.1 Å². The van der Waals surface area contributed by atoms with E-state index in [9.17, 15) is 14.7 Å². The van der Waals surface area contributed by atoms with Gasteiger partial charge in [0.1, 0.15) is 18.5 Å². The van der Waals surface area contributed by atoms with E-state index in [-0.39, 0.29) is 17.8 Å². The number of ether oxygens (including phenoxy) is 1. The number of carbonyl (C=O) groups excluding carboxylic acids is 2. The average molecular weight is 361 g/mol. The van der Waals surface area contributed by atoms with E-state index in [0.29, 0.717) is 18.6 Å². The summed E-state index contributed by atoms with van der Waals surface area (Å²) in [6, 6.07) is 7.42. The fourth-order valence-corrected chi connectivity index (χ4v) is 3.16. The van der Waals surface area contributed by atoms with Crippen molar-refractivity contribution in [1.29, 1.82) is 0 Å². The van der Waals surface area contributed by atoms with E-state index < -0.39 is 6.10 Å². The van der Waals surface area contributed by atoms with Gasteiger partial charge in [0.05, 0.1) is 5.25 Å². The molecule has 1 aromatic rings. The number of nitrogens with one attached hydrogen (secondary N) is 1. The Morgan fingerprint density at radius 3 is 2.72 bits per heavy atom. The normalized spacial score (nSPS) is 15.8. The van der Waals surface area contributed by atoms with Crippen LogP contribution in [-0.4, -0.2) is 41.6 Å². The first kappa shape index (κ1) is 19.3. The van der Waals surface area contributed by atoms with Crippen LogP contribution in [0.1, 0.15) is 18.4 Å². The minimum absolute atomic E-state index is 0.199. The fourth-order valence-electron chi connectivity index (χ4n) is 2.52. The second kappa shape index (κ2) is 10.1. The lowest BCUT2D eigenvalue weighted by Gasteiger charge is -2.16. The largest absolute Gasteiger partial charge is 0.491 e. The van der Waals surface area contributed by atoms with Crippen molar-refractivity contribution in [2.45, 2.75) is 30.6 Å². The van der Waals surface area contributed by atoms with E-state index in [1.54, 1.807) is 0 Å². The third-order valence-corrected chi connectivity index (χ3v) is 4.89. The number of aliphatic hydroxyl groups is 1. The van der Waals surface area contributed by atoms with E-state index in [4.69, 9.17) is 4.74 Å². The Hall–Kier alpha value is -2.05. The van der Waals surface area contributed by atoms with E-state index in [1.165, 1.54) is 11.8 Å². The van der Waals surface area contributed by atoms with Gasteiger partial charge in [-0.15, -0.1) is 0 Å². The number of benzene rings is 1. The van der Waals surface area contributed by atoms with Crippen LogP contribution in [0, 0.1) is 0 Å². The summed E-state index contributed by atoms with van der Waals surface area (Å²) in [5, 5.41) is 12.0. The number of rotatable bonds is 9. The first-order valence-electron chi connectivity index (χ1n) is 8.17. The number of amides is 2. The molecule has 2 rings (SSSR count). The molecule has 0 saturated carbocycles. The summed E-state index contributed by atoms with van der Waals surface area (Å²) >= 11 is 1.40. The van der Waals surface area contributed by atoms with Gasteiger partial charge in [0.2, 0.25) is 12.3 Å². The summed E-state index contributed by atoms with van der Waals surface area (Å²) in [5.41, 5.74) is 1.87. The second-order valence-corrected chi connectivity index (χ2v) is 6.75. The number of imide groups is 1. The first-order valence-corrected chi connectivity index (χ1v) is 9.46. The average Bonchev–Trinajstić information content (AvgIpc) is 2.66. The molecule has 0 fully saturated rings. The van der Waals surface area contributed by atoms with Gasteiger partial charge in [0.25, 0.3) is 0 Å².